The van der Waals surface area contributed by atoms with Crippen LogP contribution in [0.5, 0.6) is 0 Å². The molecule has 23 heavy (non-hydrogen) atoms. The Labute approximate surface area is 134 Å². The zero-order valence-corrected chi connectivity index (χ0v) is 13.2. The third-order valence-corrected chi connectivity index (χ3v) is 3.93. The smallest absolute Gasteiger partial charge is 0.252 e. The minimum atomic E-state index is -0.236. The number of fused-ring (bicyclic) bond motifs is 1. The number of para-hydroxylation sites is 1. The molecule has 0 aliphatic rings. The highest BCUT2D eigenvalue weighted by Gasteiger charge is 2.13. The molecule has 1 heterocycles. The van der Waals surface area contributed by atoms with Gasteiger partial charge < -0.3 is 9.88 Å². The fourth-order valence-corrected chi connectivity index (χ4v) is 2.70. The van der Waals surface area contributed by atoms with Gasteiger partial charge in [-0.2, -0.15) is 0 Å². The molecule has 1 N–H and O–H groups in total. The first-order valence-corrected chi connectivity index (χ1v) is 7.49. The number of rotatable bonds is 3. The lowest BCUT2D eigenvalue weighted by molar-refractivity contribution is 0.0952. The van der Waals surface area contributed by atoms with Crippen LogP contribution in [0.3, 0.4) is 0 Å². The molecular weight excluding hydrogens is 288 g/mol. The molecule has 0 fully saturated rings. The van der Waals surface area contributed by atoms with E-state index in [9.17, 15) is 9.59 Å². The van der Waals surface area contributed by atoms with Crippen LogP contribution in [0.15, 0.2) is 59.4 Å². The van der Waals surface area contributed by atoms with Crippen molar-refractivity contribution >= 4 is 16.8 Å². The van der Waals surface area contributed by atoms with E-state index in [-0.39, 0.29) is 11.5 Å². The molecule has 0 aliphatic carbocycles. The standard InChI is InChI=1S/C19H18N2O2/c1-13-6-5-7-14(10-13)12-20-19(23)16-11-18(22)21(2)17-9-4-3-8-15(16)17/h3-11H,12H2,1-2H3,(H,20,23). The van der Waals surface area contributed by atoms with Gasteiger partial charge in [0.2, 0.25) is 0 Å². The van der Waals surface area contributed by atoms with Crippen molar-refractivity contribution in [1.82, 2.24) is 9.88 Å². The number of carbonyl (C=O) groups excluding carboxylic acids is 1. The second kappa shape index (κ2) is 6.08. The van der Waals surface area contributed by atoms with Gasteiger partial charge in [0.15, 0.2) is 0 Å². The van der Waals surface area contributed by atoms with Crippen LogP contribution in [0.2, 0.25) is 0 Å². The Morgan fingerprint density at radius 3 is 2.65 bits per heavy atom. The fraction of sp³-hybridized carbons (Fsp3) is 0.158. The second-order valence-electron chi connectivity index (χ2n) is 5.64. The molecule has 1 aromatic heterocycles. The molecule has 4 nitrogen and oxygen atoms in total. The van der Waals surface area contributed by atoms with Crippen LogP contribution >= 0.6 is 0 Å². The maximum absolute atomic E-state index is 12.5. The molecule has 2 aromatic carbocycles. The van der Waals surface area contributed by atoms with Gasteiger partial charge in [-0.3, -0.25) is 9.59 Å². The number of benzene rings is 2. The van der Waals surface area contributed by atoms with Crippen LogP contribution in [0, 0.1) is 6.92 Å². The quantitative estimate of drug-likeness (QED) is 0.809. The molecule has 3 rings (SSSR count). The number of hydrogen-bond acceptors (Lipinski definition) is 2. The second-order valence-corrected chi connectivity index (χ2v) is 5.64. The molecule has 0 radical (unpaired) electrons. The van der Waals surface area contributed by atoms with Crippen molar-refractivity contribution in [2.24, 2.45) is 7.05 Å². The third kappa shape index (κ3) is 3.01. The first-order chi connectivity index (χ1) is 11.1. The number of carbonyl (C=O) groups is 1. The van der Waals surface area contributed by atoms with E-state index in [4.69, 9.17) is 0 Å². The predicted molar refractivity (Wildman–Crippen MR) is 91.5 cm³/mol. The molecule has 0 unspecified atom stereocenters. The maximum atomic E-state index is 12.5. The summed E-state index contributed by atoms with van der Waals surface area (Å²) >= 11 is 0. The molecule has 1 amide bonds. The van der Waals surface area contributed by atoms with E-state index >= 15 is 0 Å². The van der Waals surface area contributed by atoms with Crippen LogP contribution in [-0.2, 0) is 13.6 Å². The summed E-state index contributed by atoms with van der Waals surface area (Å²) in [5, 5.41) is 3.67. The Balaban J connectivity index is 1.92. The Hall–Kier alpha value is -2.88. The van der Waals surface area contributed by atoms with Crippen LogP contribution < -0.4 is 10.9 Å². The van der Waals surface area contributed by atoms with Gasteiger partial charge in [0, 0.05) is 25.0 Å². The highest BCUT2D eigenvalue weighted by molar-refractivity contribution is 6.06. The number of nitrogens with zero attached hydrogens (tertiary/aromatic N) is 1. The topological polar surface area (TPSA) is 51.1 Å². The van der Waals surface area contributed by atoms with Gasteiger partial charge >= 0.3 is 0 Å². The summed E-state index contributed by atoms with van der Waals surface area (Å²) in [6.07, 6.45) is 0. The van der Waals surface area contributed by atoms with Gasteiger partial charge in [0.1, 0.15) is 0 Å². The number of aromatic nitrogens is 1. The van der Waals surface area contributed by atoms with Crippen molar-refractivity contribution in [2.75, 3.05) is 0 Å². The fourth-order valence-electron chi connectivity index (χ4n) is 2.70. The van der Waals surface area contributed by atoms with Gasteiger partial charge in [0.05, 0.1) is 11.1 Å². The molecule has 0 spiro atoms. The molecule has 0 bridgehead atoms. The summed E-state index contributed by atoms with van der Waals surface area (Å²) in [6.45, 7) is 2.45. The average Bonchev–Trinajstić information content (AvgIpc) is 2.56. The van der Waals surface area contributed by atoms with Crippen molar-refractivity contribution in [3.8, 4) is 0 Å². The SMILES string of the molecule is Cc1cccc(CNC(=O)c2cc(=O)n(C)c3ccccc23)c1. The average molecular weight is 306 g/mol. The van der Waals surface area contributed by atoms with E-state index < -0.39 is 0 Å². The Bertz CT molecular complexity index is 941. The van der Waals surface area contributed by atoms with Crippen molar-refractivity contribution in [3.05, 3.63) is 81.6 Å². The monoisotopic (exact) mass is 306 g/mol. The first-order valence-electron chi connectivity index (χ1n) is 7.49. The molecule has 0 aliphatic heterocycles. The van der Waals surface area contributed by atoms with Gasteiger partial charge in [-0.25, -0.2) is 0 Å². The molecule has 4 heteroatoms. The van der Waals surface area contributed by atoms with Crippen LogP contribution in [0.1, 0.15) is 21.5 Å². The predicted octanol–water partition coefficient (Wildman–Crippen LogP) is 2.78. The summed E-state index contributed by atoms with van der Waals surface area (Å²) in [5.74, 6) is -0.236. The Kier molecular flexibility index (Phi) is 3.98. The largest absolute Gasteiger partial charge is 0.348 e. The van der Waals surface area contributed by atoms with Gasteiger partial charge in [-0.15, -0.1) is 0 Å². The Morgan fingerprint density at radius 2 is 1.87 bits per heavy atom. The lowest BCUT2D eigenvalue weighted by Crippen LogP contribution is -2.26. The zero-order valence-electron chi connectivity index (χ0n) is 13.2. The summed E-state index contributed by atoms with van der Waals surface area (Å²) in [7, 11) is 1.71. The molecule has 0 saturated heterocycles. The lowest BCUT2D eigenvalue weighted by atomic mass is 10.1. The van der Waals surface area contributed by atoms with E-state index in [1.807, 2.05) is 55.5 Å². The van der Waals surface area contributed by atoms with E-state index in [1.54, 1.807) is 11.6 Å². The van der Waals surface area contributed by atoms with E-state index in [0.717, 1.165) is 22.0 Å². The molecular formula is C19H18N2O2. The minimum absolute atomic E-state index is 0.190. The number of hydrogen-bond donors (Lipinski definition) is 1. The van der Waals surface area contributed by atoms with Gasteiger partial charge in [0.25, 0.3) is 11.5 Å². The number of nitrogens with one attached hydrogen (secondary N) is 1. The Morgan fingerprint density at radius 1 is 1.09 bits per heavy atom. The van der Waals surface area contributed by atoms with E-state index in [0.29, 0.717) is 12.1 Å². The van der Waals surface area contributed by atoms with Crippen molar-refractivity contribution in [2.45, 2.75) is 13.5 Å². The van der Waals surface area contributed by atoms with Gasteiger partial charge in [-0.1, -0.05) is 48.0 Å². The maximum Gasteiger partial charge on any atom is 0.252 e. The van der Waals surface area contributed by atoms with Gasteiger partial charge in [-0.05, 0) is 18.6 Å². The molecule has 116 valence electrons. The first kappa shape index (κ1) is 15.0. The van der Waals surface area contributed by atoms with E-state index in [2.05, 4.69) is 5.32 Å². The molecule has 3 aromatic rings. The summed E-state index contributed by atoms with van der Waals surface area (Å²) < 4.78 is 1.55. The van der Waals surface area contributed by atoms with Crippen LogP contribution in [0.25, 0.3) is 10.9 Å². The van der Waals surface area contributed by atoms with E-state index in [1.165, 1.54) is 6.07 Å². The van der Waals surface area contributed by atoms with Crippen molar-refractivity contribution in [3.63, 3.8) is 0 Å². The van der Waals surface area contributed by atoms with Crippen molar-refractivity contribution in [1.29, 1.82) is 0 Å². The third-order valence-electron chi connectivity index (χ3n) is 3.93. The summed E-state index contributed by atoms with van der Waals surface area (Å²) in [4.78, 5) is 24.6. The highest BCUT2D eigenvalue weighted by Crippen LogP contribution is 2.16. The molecule has 0 saturated carbocycles. The summed E-state index contributed by atoms with van der Waals surface area (Å²) in [6, 6.07) is 16.8. The lowest BCUT2D eigenvalue weighted by Gasteiger charge is -2.11. The number of pyridine rings is 1. The minimum Gasteiger partial charge on any atom is -0.348 e. The van der Waals surface area contributed by atoms with Crippen LogP contribution in [-0.4, -0.2) is 10.5 Å². The summed E-state index contributed by atoms with van der Waals surface area (Å²) in [5.41, 5.74) is 3.16. The zero-order chi connectivity index (χ0) is 16.4. The number of amides is 1. The highest BCUT2D eigenvalue weighted by atomic mass is 16.2. The normalized spacial score (nSPS) is 10.7. The van der Waals surface area contributed by atoms with Crippen LogP contribution in [0.4, 0.5) is 0 Å². The number of aryl methyl sites for hydroxylation is 2. The molecule has 0 atom stereocenters. The van der Waals surface area contributed by atoms with Crippen molar-refractivity contribution < 1.29 is 4.79 Å².